The van der Waals surface area contributed by atoms with Gasteiger partial charge in [0.05, 0.1) is 12.1 Å². The average molecular weight is 302 g/mol. The Labute approximate surface area is 122 Å². The second-order valence-corrected chi connectivity index (χ2v) is 4.68. The molecular weight excluding hydrogens is 285 g/mol. The van der Waals surface area contributed by atoms with Crippen molar-refractivity contribution in [3.63, 3.8) is 0 Å². The monoisotopic (exact) mass is 301 g/mol. The van der Waals surface area contributed by atoms with E-state index in [1.807, 2.05) is 0 Å². The van der Waals surface area contributed by atoms with Gasteiger partial charge in [-0.15, -0.1) is 0 Å². The van der Waals surface area contributed by atoms with Crippen LogP contribution in [0.3, 0.4) is 0 Å². The summed E-state index contributed by atoms with van der Waals surface area (Å²) >= 11 is 5.54. The first-order valence-electron chi connectivity index (χ1n) is 6.34. The predicted octanol–water partition coefficient (Wildman–Crippen LogP) is 2.94. The first-order valence-corrected chi connectivity index (χ1v) is 6.72. The van der Waals surface area contributed by atoms with Crippen LogP contribution in [-0.2, 0) is 9.53 Å². The third-order valence-electron chi connectivity index (χ3n) is 2.75. The lowest BCUT2D eigenvalue weighted by molar-refractivity contribution is -0.140. The zero-order valence-electron chi connectivity index (χ0n) is 11.2. The van der Waals surface area contributed by atoms with Gasteiger partial charge in [0.1, 0.15) is 5.82 Å². The van der Waals surface area contributed by atoms with Crippen LogP contribution in [0.4, 0.5) is 4.39 Å². The number of carbonyl (C=O) groups excluding carboxylic acids is 2. The second kappa shape index (κ2) is 8.53. The summed E-state index contributed by atoms with van der Waals surface area (Å²) in [7, 11) is 1.35. The van der Waals surface area contributed by atoms with Gasteiger partial charge in [-0.1, -0.05) is 18.0 Å². The fourth-order valence-corrected chi connectivity index (χ4v) is 1.73. The van der Waals surface area contributed by atoms with Crippen molar-refractivity contribution in [1.29, 1.82) is 0 Å². The van der Waals surface area contributed by atoms with Gasteiger partial charge in [0, 0.05) is 18.5 Å². The smallest absolute Gasteiger partial charge is 0.305 e. The van der Waals surface area contributed by atoms with Crippen LogP contribution in [0.1, 0.15) is 36.0 Å². The van der Waals surface area contributed by atoms with Gasteiger partial charge >= 0.3 is 5.97 Å². The molecule has 0 spiro atoms. The molecule has 110 valence electrons. The predicted molar refractivity (Wildman–Crippen MR) is 74.2 cm³/mol. The molecule has 1 aromatic rings. The number of esters is 1. The summed E-state index contributed by atoms with van der Waals surface area (Å²) in [5.41, 5.74) is 0.237. The molecule has 0 aliphatic carbocycles. The van der Waals surface area contributed by atoms with Gasteiger partial charge in [-0.25, -0.2) is 4.39 Å². The molecule has 1 aromatic carbocycles. The molecule has 20 heavy (non-hydrogen) atoms. The molecule has 0 heterocycles. The highest BCUT2D eigenvalue weighted by Crippen LogP contribution is 2.15. The van der Waals surface area contributed by atoms with E-state index in [4.69, 9.17) is 11.6 Å². The minimum Gasteiger partial charge on any atom is -0.469 e. The van der Waals surface area contributed by atoms with Crippen molar-refractivity contribution in [2.45, 2.75) is 25.7 Å². The second-order valence-electron chi connectivity index (χ2n) is 4.27. The van der Waals surface area contributed by atoms with Crippen LogP contribution in [0.5, 0.6) is 0 Å². The lowest BCUT2D eigenvalue weighted by Gasteiger charge is -2.05. The van der Waals surface area contributed by atoms with Crippen molar-refractivity contribution in [2.24, 2.45) is 0 Å². The molecule has 0 fully saturated rings. The number of unbranched alkanes of at least 4 members (excludes halogenated alkanes) is 2. The van der Waals surface area contributed by atoms with Crippen LogP contribution in [0, 0.1) is 5.82 Å². The van der Waals surface area contributed by atoms with Crippen molar-refractivity contribution in [3.05, 3.63) is 34.6 Å². The molecule has 0 radical (unpaired) electrons. The van der Waals surface area contributed by atoms with Crippen LogP contribution >= 0.6 is 11.6 Å². The quantitative estimate of drug-likeness (QED) is 0.622. The van der Waals surface area contributed by atoms with Gasteiger partial charge in [0.25, 0.3) is 5.91 Å². The molecule has 0 unspecified atom stereocenters. The highest BCUT2D eigenvalue weighted by molar-refractivity contribution is 6.30. The van der Waals surface area contributed by atoms with Gasteiger partial charge in [0.15, 0.2) is 0 Å². The Morgan fingerprint density at radius 1 is 1.30 bits per heavy atom. The van der Waals surface area contributed by atoms with Crippen molar-refractivity contribution < 1.29 is 18.7 Å². The maximum Gasteiger partial charge on any atom is 0.305 e. The molecule has 1 amide bonds. The normalized spacial score (nSPS) is 10.2. The zero-order valence-corrected chi connectivity index (χ0v) is 12.0. The number of hydrogen-bond donors (Lipinski definition) is 1. The van der Waals surface area contributed by atoms with Crippen LogP contribution in [0.25, 0.3) is 0 Å². The van der Waals surface area contributed by atoms with Crippen LogP contribution in [-0.4, -0.2) is 25.5 Å². The molecule has 0 saturated carbocycles. The Kier molecular flexibility index (Phi) is 7.01. The molecule has 0 aromatic heterocycles. The lowest BCUT2D eigenvalue weighted by Crippen LogP contribution is -2.24. The molecular formula is C14H17ClFNO3. The summed E-state index contributed by atoms with van der Waals surface area (Å²) < 4.78 is 17.7. The van der Waals surface area contributed by atoms with Crippen molar-refractivity contribution in [1.82, 2.24) is 5.32 Å². The summed E-state index contributed by atoms with van der Waals surface area (Å²) in [6.07, 6.45) is 2.66. The number of benzene rings is 1. The van der Waals surface area contributed by atoms with E-state index in [1.165, 1.54) is 19.2 Å². The highest BCUT2D eigenvalue weighted by Gasteiger charge is 2.08. The minimum atomic E-state index is -0.614. The molecule has 0 aliphatic heterocycles. The Balaban J connectivity index is 2.23. The summed E-state index contributed by atoms with van der Waals surface area (Å²) in [4.78, 5) is 22.6. The molecule has 1 N–H and O–H groups in total. The lowest BCUT2D eigenvalue weighted by atomic mass is 10.2. The number of hydrogen-bond acceptors (Lipinski definition) is 3. The van der Waals surface area contributed by atoms with Gasteiger partial charge in [-0.2, -0.15) is 0 Å². The maximum absolute atomic E-state index is 13.2. The van der Waals surface area contributed by atoms with Gasteiger partial charge in [0.2, 0.25) is 0 Å². The Morgan fingerprint density at radius 3 is 2.70 bits per heavy atom. The maximum atomic E-state index is 13.2. The van der Waals surface area contributed by atoms with E-state index in [1.54, 1.807) is 0 Å². The SMILES string of the molecule is COC(=O)CCCCCNC(=O)c1ccc(Cl)c(F)c1. The molecule has 0 saturated heterocycles. The topological polar surface area (TPSA) is 55.4 Å². The number of methoxy groups -OCH3 is 1. The number of carbonyl (C=O) groups is 2. The molecule has 1 rings (SSSR count). The molecule has 0 aliphatic rings. The minimum absolute atomic E-state index is 0.00985. The highest BCUT2D eigenvalue weighted by atomic mass is 35.5. The zero-order chi connectivity index (χ0) is 15.0. The summed E-state index contributed by atoms with van der Waals surface area (Å²) in [6, 6.07) is 3.93. The van der Waals surface area contributed by atoms with E-state index in [0.717, 1.165) is 25.3 Å². The van der Waals surface area contributed by atoms with Crippen LogP contribution in [0.15, 0.2) is 18.2 Å². The van der Waals surface area contributed by atoms with Gasteiger partial charge in [-0.3, -0.25) is 9.59 Å². The van der Waals surface area contributed by atoms with Crippen molar-refractivity contribution in [2.75, 3.05) is 13.7 Å². The molecule has 4 nitrogen and oxygen atoms in total. The fourth-order valence-electron chi connectivity index (χ4n) is 1.61. The van der Waals surface area contributed by atoms with Gasteiger partial charge < -0.3 is 10.1 Å². The van der Waals surface area contributed by atoms with E-state index in [-0.39, 0.29) is 22.5 Å². The van der Waals surface area contributed by atoms with Crippen molar-refractivity contribution >= 4 is 23.5 Å². The number of rotatable bonds is 7. The summed E-state index contributed by atoms with van der Waals surface area (Å²) in [5, 5.41) is 2.67. The number of nitrogens with one attached hydrogen (secondary N) is 1. The van der Waals surface area contributed by atoms with Crippen LogP contribution < -0.4 is 5.32 Å². The first kappa shape index (κ1) is 16.4. The third kappa shape index (κ3) is 5.57. The van der Waals surface area contributed by atoms with E-state index < -0.39 is 5.82 Å². The molecule has 0 bridgehead atoms. The molecule has 6 heteroatoms. The van der Waals surface area contributed by atoms with E-state index in [2.05, 4.69) is 10.1 Å². The fraction of sp³-hybridized carbons (Fsp3) is 0.429. The summed E-state index contributed by atoms with van der Waals surface area (Å²) in [6.45, 7) is 0.476. The van der Waals surface area contributed by atoms with E-state index >= 15 is 0 Å². The number of amides is 1. The standard InChI is InChI=1S/C14H17ClFNO3/c1-20-13(18)5-3-2-4-8-17-14(19)10-6-7-11(15)12(16)9-10/h6-7,9H,2-5,8H2,1H3,(H,17,19). The first-order chi connectivity index (χ1) is 9.54. The van der Waals surface area contributed by atoms with E-state index in [0.29, 0.717) is 13.0 Å². The van der Waals surface area contributed by atoms with E-state index in [9.17, 15) is 14.0 Å². The Bertz CT molecular complexity index is 479. The third-order valence-corrected chi connectivity index (χ3v) is 3.06. The largest absolute Gasteiger partial charge is 0.469 e. The van der Waals surface area contributed by atoms with Crippen molar-refractivity contribution in [3.8, 4) is 0 Å². The summed E-state index contributed by atoms with van der Waals surface area (Å²) in [5.74, 6) is -1.18. The average Bonchev–Trinajstić information content (AvgIpc) is 2.44. The number of ether oxygens (including phenoxy) is 1. The Hall–Kier alpha value is -1.62. The number of halogens is 2. The van der Waals surface area contributed by atoms with Crippen LogP contribution in [0.2, 0.25) is 5.02 Å². The Morgan fingerprint density at radius 2 is 2.05 bits per heavy atom. The molecule has 0 atom stereocenters. The van der Waals surface area contributed by atoms with Gasteiger partial charge in [-0.05, 0) is 31.0 Å².